The van der Waals surface area contributed by atoms with Crippen molar-refractivity contribution in [3.05, 3.63) is 75.4 Å². The van der Waals surface area contributed by atoms with Gasteiger partial charge in [-0.1, -0.05) is 6.07 Å². The van der Waals surface area contributed by atoms with Crippen LogP contribution in [0.1, 0.15) is 17.0 Å². The summed E-state index contributed by atoms with van der Waals surface area (Å²) in [5, 5.41) is 13.5. The van der Waals surface area contributed by atoms with E-state index in [1.165, 1.54) is 12.1 Å². The molecule has 1 amide bonds. The molecular weight excluding hydrogens is 301 g/mol. The van der Waals surface area contributed by atoms with Gasteiger partial charge >= 0.3 is 0 Å². The van der Waals surface area contributed by atoms with Gasteiger partial charge in [0.05, 0.1) is 28.8 Å². The van der Waals surface area contributed by atoms with Crippen molar-refractivity contribution in [1.29, 1.82) is 0 Å². The first-order chi connectivity index (χ1) is 11.0. The average Bonchev–Trinajstić information content (AvgIpc) is 2.51. The van der Waals surface area contributed by atoms with Gasteiger partial charge in [0.15, 0.2) is 0 Å². The van der Waals surface area contributed by atoms with Gasteiger partial charge in [-0.25, -0.2) is 4.39 Å². The van der Waals surface area contributed by atoms with Crippen molar-refractivity contribution in [3.63, 3.8) is 0 Å². The second-order valence-electron chi connectivity index (χ2n) is 4.78. The van der Waals surface area contributed by atoms with Gasteiger partial charge in [-0.05, 0) is 37.3 Å². The highest BCUT2D eigenvalue weighted by Gasteiger charge is 2.12. The van der Waals surface area contributed by atoms with Gasteiger partial charge in [-0.3, -0.25) is 19.9 Å². The Bertz CT molecular complexity index is 775. The predicted octanol–water partition coefficient (Wildman–Crippen LogP) is 2.77. The zero-order chi connectivity index (χ0) is 16.8. The molecule has 118 valence electrons. The molecule has 0 saturated heterocycles. The van der Waals surface area contributed by atoms with Gasteiger partial charge in [0.2, 0.25) is 5.91 Å². The first-order valence-electron chi connectivity index (χ1n) is 6.78. The number of pyridine rings is 1. The van der Waals surface area contributed by atoms with E-state index in [1.807, 2.05) is 19.1 Å². The smallest absolute Gasteiger partial charge is 0.279 e. The summed E-state index contributed by atoms with van der Waals surface area (Å²) in [7, 11) is 0. The van der Waals surface area contributed by atoms with Crippen molar-refractivity contribution in [3.8, 4) is 0 Å². The monoisotopic (exact) mass is 315 g/mol. The SMILES string of the molecule is Cc1cccc(CNC(=O)C=Cc2ccc(F)cc2[N+](=O)[O-])n1. The molecule has 2 rings (SSSR count). The summed E-state index contributed by atoms with van der Waals surface area (Å²) in [5.74, 6) is -1.13. The number of carbonyl (C=O) groups is 1. The van der Waals surface area contributed by atoms with Crippen LogP contribution in [0.15, 0.2) is 42.5 Å². The first-order valence-corrected chi connectivity index (χ1v) is 6.78. The molecule has 0 radical (unpaired) electrons. The van der Waals surface area contributed by atoms with Gasteiger partial charge < -0.3 is 5.32 Å². The van der Waals surface area contributed by atoms with E-state index in [0.717, 1.165) is 23.9 Å². The fourth-order valence-corrected chi connectivity index (χ4v) is 1.92. The summed E-state index contributed by atoms with van der Waals surface area (Å²) in [6, 6.07) is 8.62. The molecule has 0 atom stereocenters. The summed E-state index contributed by atoms with van der Waals surface area (Å²) < 4.78 is 13.0. The van der Waals surface area contributed by atoms with Crippen molar-refractivity contribution in [2.45, 2.75) is 13.5 Å². The lowest BCUT2D eigenvalue weighted by molar-refractivity contribution is -0.385. The number of nitro benzene ring substituents is 1. The van der Waals surface area contributed by atoms with Crippen molar-refractivity contribution in [2.24, 2.45) is 0 Å². The third-order valence-corrected chi connectivity index (χ3v) is 2.99. The Morgan fingerprint density at radius 2 is 2.17 bits per heavy atom. The maximum atomic E-state index is 13.0. The van der Waals surface area contributed by atoms with E-state index in [-0.39, 0.29) is 12.1 Å². The number of rotatable bonds is 5. The molecule has 0 unspecified atom stereocenters. The molecule has 1 heterocycles. The van der Waals surface area contributed by atoms with Crippen molar-refractivity contribution in [2.75, 3.05) is 0 Å². The van der Waals surface area contributed by atoms with Crippen molar-refractivity contribution in [1.82, 2.24) is 10.3 Å². The van der Waals surface area contributed by atoms with Crippen molar-refractivity contribution < 1.29 is 14.1 Å². The fourth-order valence-electron chi connectivity index (χ4n) is 1.92. The van der Waals surface area contributed by atoms with Gasteiger partial charge in [-0.15, -0.1) is 0 Å². The summed E-state index contributed by atoms with van der Waals surface area (Å²) >= 11 is 0. The minimum atomic E-state index is -0.705. The predicted molar refractivity (Wildman–Crippen MR) is 82.9 cm³/mol. The zero-order valence-electron chi connectivity index (χ0n) is 12.3. The lowest BCUT2D eigenvalue weighted by Crippen LogP contribution is -2.20. The second-order valence-corrected chi connectivity index (χ2v) is 4.78. The maximum absolute atomic E-state index is 13.0. The molecule has 0 aliphatic heterocycles. The Morgan fingerprint density at radius 1 is 1.39 bits per heavy atom. The third kappa shape index (κ3) is 4.70. The van der Waals surface area contributed by atoms with Crippen LogP contribution in [0, 0.1) is 22.9 Å². The van der Waals surface area contributed by atoms with Gasteiger partial charge in [0, 0.05) is 11.8 Å². The molecule has 7 heteroatoms. The molecule has 0 bridgehead atoms. The molecule has 23 heavy (non-hydrogen) atoms. The van der Waals surface area contributed by atoms with Crippen LogP contribution < -0.4 is 5.32 Å². The lowest BCUT2D eigenvalue weighted by atomic mass is 10.1. The molecular formula is C16H14FN3O3. The number of aromatic nitrogens is 1. The molecule has 0 fully saturated rings. The van der Waals surface area contributed by atoms with Crippen LogP contribution in [0.4, 0.5) is 10.1 Å². The highest BCUT2D eigenvalue weighted by molar-refractivity contribution is 5.92. The van der Waals surface area contributed by atoms with Crippen LogP contribution in [0.25, 0.3) is 6.08 Å². The van der Waals surface area contributed by atoms with Crippen LogP contribution in [0.3, 0.4) is 0 Å². The number of hydrogen-bond donors (Lipinski definition) is 1. The normalized spacial score (nSPS) is 10.7. The number of amides is 1. The minimum absolute atomic E-state index is 0.153. The van der Waals surface area contributed by atoms with E-state index in [0.29, 0.717) is 5.69 Å². The highest BCUT2D eigenvalue weighted by atomic mass is 19.1. The molecule has 0 saturated carbocycles. The average molecular weight is 315 g/mol. The van der Waals surface area contributed by atoms with Gasteiger partial charge in [0.1, 0.15) is 5.82 Å². The Morgan fingerprint density at radius 3 is 2.87 bits per heavy atom. The third-order valence-electron chi connectivity index (χ3n) is 2.99. The molecule has 2 aromatic rings. The van der Waals surface area contributed by atoms with E-state index < -0.39 is 22.3 Å². The zero-order valence-corrected chi connectivity index (χ0v) is 12.3. The number of aryl methyl sites for hydroxylation is 1. The standard InChI is InChI=1S/C16H14FN3O3/c1-11-3-2-4-14(19-11)10-18-16(21)8-6-12-5-7-13(17)9-15(12)20(22)23/h2-9H,10H2,1H3,(H,18,21). The van der Waals surface area contributed by atoms with Gasteiger partial charge in [-0.2, -0.15) is 0 Å². The van der Waals surface area contributed by atoms with Crippen LogP contribution in [0.2, 0.25) is 0 Å². The van der Waals surface area contributed by atoms with Crippen LogP contribution in [0.5, 0.6) is 0 Å². The topological polar surface area (TPSA) is 85.1 Å². The number of nitro groups is 1. The van der Waals surface area contributed by atoms with Gasteiger partial charge in [0.25, 0.3) is 5.69 Å². The molecule has 1 aromatic carbocycles. The number of nitrogens with one attached hydrogen (secondary N) is 1. The Hall–Kier alpha value is -3.09. The largest absolute Gasteiger partial charge is 0.347 e. The molecule has 0 spiro atoms. The Balaban J connectivity index is 2.03. The molecule has 1 aromatic heterocycles. The Labute approximate surface area is 131 Å². The van der Waals surface area contributed by atoms with E-state index in [1.54, 1.807) is 6.07 Å². The van der Waals surface area contributed by atoms with E-state index in [9.17, 15) is 19.3 Å². The summed E-state index contributed by atoms with van der Waals surface area (Å²) in [6.45, 7) is 2.09. The molecule has 0 aliphatic carbocycles. The summed E-state index contributed by atoms with van der Waals surface area (Å²) in [5.41, 5.74) is 1.31. The Kier molecular flexibility index (Phi) is 5.14. The summed E-state index contributed by atoms with van der Waals surface area (Å²) in [6.07, 6.45) is 2.44. The van der Waals surface area contributed by atoms with Crippen LogP contribution in [-0.4, -0.2) is 15.8 Å². The molecule has 1 N–H and O–H groups in total. The first kappa shape index (κ1) is 16.3. The number of carbonyl (C=O) groups excluding carboxylic acids is 1. The van der Waals surface area contributed by atoms with E-state index in [2.05, 4.69) is 10.3 Å². The fraction of sp³-hybridized carbons (Fsp3) is 0.125. The van der Waals surface area contributed by atoms with Crippen molar-refractivity contribution >= 4 is 17.7 Å². The van der Waals surface area contributed by atoms with E-state index >= 15 is 0 Å². The highest BCUT2D eigenvalue weighted by Crippen LogP contribution is 2.20. The molecule has 0 aliphatic rings. The second kappa shape index (κ2) is 7.26. The number of hydrogen-bond acceptors (Lipinski definition) is 4. The van der Waals surface area contributed by atoms with E-state index in [4.69, 9.17) is 0 Å². The summed E-state index contributed by atoms with van der Waals surface area (Å²) in [4.78, 5) is 26.2. The van der Waals surface area contributed by atoms with Crippen LogP contribution in [-0.2, 0) is 11.3 Å². The number of benzene rings is 1. The number of halogens is 1. The van der Waals surface area contributed by atoms with Crippen LogP contribution >= 0.6 is 0 Å². The molecule has 6 nitrogen and oxygen atoms in total. The quantitative estimate of drug-likeness (QED) is 0.522. The number of nitrogens with zero attached hydrogens (tertiary/aromatic N) is 2. The minimum Gasteiger partial charge on any atom is -0.347 e. The lowest BCUT2D eigenvalue weighted by Gasteiger charge is -2.03. The maximum Gasteiger partial charge on any atom is 0.279 e.